The minimum atomic E-state index is 0.0895. The lowest BCUT2D eigenvalue weighted by Crippen LogP contribution is -2.03. The summed E-state index contributed by atoms with van der Waals surface area (Å²) in [5, 5.41) is 0.417. The molecule has 0 rings (SSSR count). The molecular formula is C8H16Cl4. The third kappa shape index (κ3) is 17.3. The van der Waals surface area contributed by atoms with Gasteiger partial charge in [0.15, 0.2) is 0 Å². The summed E-state index contributed by atoms with van der Waals surface area (Å²) in [6.45, 7) is 5.68. The monoisotopic (exact) mass is 252 g/mol. The van der Waals surface area contributed by atoms with E-state index in [0.29, 0.717) is 5.88 Å². The Kier molecular flexibility index (Phi) is 13.3. The maximum atomic E-state index is 5.49. The molecule has 0 aromatic rings. The Morgan fingerprint density at radius 2 is 1.25 bits per heavy atom. The Bertz CT molecular complexity index is 75.1. The molecule has 0 heterocycles. The lowest BCUT2D eigenvalue weighted by atomic mass is 10.4. The summed E-state index contributed by atoms with van der Waals surface area (Å²) < 4.78 is 0. The SMILES string of the molecule is CC(Cl)C(C)Cl.CC(Cl)CCCl. The first-order valence-corrected chi connectivity index (χ1v) is 5.74. The first-order chi connectivity index (χ1) is 5.41. The second-order valence-electron chi connectivity index (χ2n) is 2.61. The van der Waals surface area contributed by atoms with Gasteiger partial charge < -0.3 is 0 Å². The van der Waals surface area contributed by atoms with Gasteiger partial charge in [-0.15, -0.1) is 46.4 Å². The Labute approximate surface area is 95.5 Å². The van der Waals surface area contributed by atoms with Crippen molar-refractivity contribution in [3.63, 3.8) is 0 Å². The molecule has 4 heteroatoms. The van der Waals surface area contributed by atoms with Crippen LogP contribution in [0.25, 0.3) is 0 Å². The predicted octanol–water partition coefficient (Wildman–Crippen LogP) is 4.48. The van der Waals surface area contributed by atoms with Gasteiger partial charge >= 0.3 is 0 Å². The highest BCUT2D eigenvalue weighted by Crippen LogP contribution is 2.06. The molecule has 0 aromatic heterocycles. The number of rotatable bonds is 3. The number of hydrogen-bond donors (Lipinski definition) is 0. The van der Waals surface area contributed by atoms with Crippen LogP contribution in [-0.4, -0.2) is 22.0 Å². The van der Waals surface area contributed by atoms with Crippen molar-refractivity contribution in [3.05, 3.63) is 0 Å². The molecule has 0 nitrogen and oxygen atoms in total. The predicted molar refractivity (Wildman–Crippen MR) is 61.3 cm³/mol. The van der Waals surface area contributed by atoms with Crippen molar-refractivity contribution in [2.45, 2.75) is 43.3 Å². The molecule has 0 fully saturated rings. The van der Waals surface area contributed by atoms with E-state index in [2.05, 4.69) is 0 Å². The first-order valence-electron chi connectivity index (χ1n) is 3.90. The third-order valence-electron chi connectivity index (χ3n) is 1.14. The first kappa shape index (κ1) is 15.6. The fourth-order valence-corrected chi connectivity index (χ4v) is 0.698. The Morgan fingerprint density at radius 1 is 0.917 bits per heavy atom. The fraction of sp³-hybridized carbons (Fsp3) is 1.00. The standard InChI is InChI=1S/2C4H8Cl2/c1-4(6)2-3-5;1-3(5)4(2)6/h4H,2-3H2,1H3;3-4H,1-2H3. The minimum absolute atomic E-state index is 0.0895. The van der Waals surface area contributed by atoms with Gasteiger partial charge in [0.25, 0.3) is 0 Å². The van der Waals surface area contributed by atoms with Gasteiger partial charge in [-0.05, 0) is 27.2 Å². The Hall–Kier alpha value is 1.16. The van der Waals surface area contributed by atoms with E-state index < -0.39 is 0 Å². The number of halogens is 4. The van der Waals surface area contributed by atoms with E-state index in [1.54, 1.807) is 0 Å². The summed E-state index contributed by atoms with van der Waals surface area (Å²) >= 11 is 21.8. The van der Waals surface area contributed by atoms with E-state index >= 15 is 0 Å². The van der Waals surface area contributed by atoms with E-state index in [-0.39, 0.29) is 16.1 Å². The van der Waals surface area contributed by atoms with Gasteiger partial charge in [-0.3, -0.25) is 0 Å². The van der Waals surface area contributed by atoms with Gasteiger partial charge in [0.2, 0.25) is 0 Å². The average Bonchev–Trinajstić information content (AvgIpc) is 1.87. The molecule has 0 bridgehead atoms. The second-order valence-corrected chi connectivity index (χ2v) is 5.11. The van der Waals surface area contributed by atoms with Crippen molar-refractivity contribution < 1.29 is 0 Å². The van der Waals surface area contributed by atoms with Crippen LogP contribution in [0.4, 0.5) is 0 Å². The van der Waals surface area contributed by atoms with Crippen LogP contribution in [0, 0.1) is 0 Å². The summed E-state index contributed by atoms with van der Waals surface area (Å²) in [5.41, 5.74) is 0. The van der Waals surface area contributed by atoms with Gasteiger partial charge in [-0.25, -0.2) is 0 Å². The molecule has 0 amide bonds. The molecule has 0 N–H and O–H groups in total. The molecule has 0 saturated carbocycles. The van der Waals surface area contributed by atoms with Gasteiger partial charge in [0, 0.05) is 22.0 Å². The minimum Gasteiger partial charge on any atom is -0.127 e. The highest BCUT2D eigenvalue weighted by molar-refractivity contribution is 6.29. The maximum absolute atomic E-state index is 5.49. The molecular weight excluding hydrogens is 238 g/mol. The topological polar surface area (TPSA) is 0 Å². The van der Waals surface area contributed by atoms with Crippen LogP contribution in [0.2, 0.25) is 0 Å². The van der Waals surface area contributed by atoms with Crippen LogP contribution >= 0.6 is 46.4 Å². The van der Waals surface area contributed by atoms with Crippen LogP contribution in [0.5, 0.6) is 0 Å². The van der Waals surface area contributed by atoms with Crippen molar-refractivity contribution in [2.75, 3.05) is 5.88 Å². The van der Waals surface area contributed by atoms with E-state index in [1.165, 1.54) is 0 Å². The van der Waals surface area contributed by atoms with Crippen molar-refractivity contribution >= 4 is 46.4 Å². The maximum Gasteiger partial charge on any atom is 0.0468 e. The van der Waals surface area contributed by atoms with Crippen LogP contribution in [0.15, 0.2) is 0 Å². The molecule has 0 aliphatic heterocycles. The number of hydrogen-bond acceptors (Lipinski definition) is 0. The molecule has 0 aromatic carbocycles. The zero-order chi connectivity index (χ0) is 10.1. The second kappa shape index (κ2) is 10.2. The summed E-state index contributed by atoms with van der Waals surface area (Å²) in [7, 11) is 0. The molecule has 0 aliphatic carbocycles. The van der Waals surface area contributed by atoms with Crippen LogP contribution < -0.4 is 0 Å². The van der Waals surface area contributed by atoms with E-state index in [9.17, 15) is 0 Å². The lowest BCUT2D eigenvalue weighted by Gasteiger charge is -2.00. The van der Waals surface area contributed by atoms with Crippen molar-refractivity contribution in [2.24, 2.45) is 0 Å². The molecule has 0 radical (unpaired) electrons. The zero-order valence-corrected chi connectivity index (χ0v) is 10.7. The van der Waals surface area contributed by atoms with E-state index in [4.69, 9.17) is 46.4 Å². The van der Waals surface area contributed by atoms with Crippen LogP contribution in [0.3, 0.4) is 0 Å². The molecule has 76 valence electrons. The van der Waals surface area contributed by atoms with E-state index in [0.717, 1.165) is 6.42 Å². The van der Waals surface area contributed by atoms with Crippen LogP contribution in [-0.2, 0) is 0 Å². The van der Waals surface area contributed by atoms with E-state index in [1.807, 2.05) is 20.8 Å². The quantitative estimate of drug-likeness (QED) is 0.651. The van der Waals surface area contributed by atoms with Crippen molar-refractivity contribution in [3.8, 4) is 0 Å². The smallest absolute Gasteiger partial charge is 0.0468 e. The summed E-state index contributed by atoms with van der Waals surface area (Å²) in [6.07, 6.45) is 0.906. The largest absolute Gasteiger partial charge is 0.127 e. The van der Waals surface area contributed by atoms with Crippen LogP contribution in [0.1, 0.15) is 27.2 Å². The molecule has 0 saturated heterocycles. The van der Waals surface area contributed by atoms with Gasteiger partial charge in [-0.1, -0.05) is 0 Å². The van der Waals surface area contributed by atoms with Crippen molar-refractivity contribution in [1.82, 2.24) is 0 Å². The normalized spacial score (nSPS) is 17.2. The highest BCUT2D eigenvalue weighted by atomic mass is 35.5. The third-order valence-corrected chi connectivity index (χ3v) is 2.46. The molecule has 0 aliphatic rings. The summed E-state index contributed by atoms with van der Waals surface area (Å²) in [4.78, 5) is 0. The Morgan fingerprint density at radius 3 is 1.25 bits per heavy atom. The molecule has 0 spiro atoms. The van der Waals surface area contributed by atoms with Gasteiger partial charge in [0.1, 0.15) is 0 Å². The average molecular weight is 254 g/mol. The summed E-state index contributed by atoms with van der Waals surface area (Å²) in [6, 6.07) is 0. The van der Waals surface area contributed by atoms with Gasteiger partial charge in [0.05, 0.1) is 0 Å². The zero-order valence-electron chi connectivity index (χ0n) is 7.66. The molecule has 3 atom stereocenters. The molecule has 3 unspecified atom stereocenters. The van der Waals surface area contributed by atoms with Crippen molar-refractivity contribution in [1.29, 1.82) is 0 Å². The molecule has 12 heavy (non-hydrogen) atoms. The lowest BCUT2D eigenvalue weighted by molar-refractivity contribution is 0.902. The fourth-order valence-electron chi connectivity index (χ4n) is 0.150. The summed E-state index contributed by atoms with van der Waals surface area (Å²) in [5.74, 6) is 0.671. The highest BCUT2D eigenvalue weighted by Gasteiger charge is 2.01. The number of alkyl halides is 4. The van der Waals surface area contributed by atoms with Gasteiger partial charge in [-0.2, -0.15) is 0 Å². The Balaban J connectivity index is 0.